The molecule has 22 heavy (non-hydrogen) atoms. The molecule has 0 aliphatic carbocycles. The molecule has 0 radical (unpaired) electrons. The van der Waals surface area contributed by atoms with E-state index in [1.807, 2.05) is 36.0 Å². The molecule has 1 aliphatic heterocycles. The molecule has 6 heteroatoms. The predicted octanol–water partition coefficient (Wildman–Crippen LogP) is 3.50. The van der Waals surface area contributed by atoms with Crippen LogP contribution in [0.25, 0.3) is 0 Å². The van der Waals surface area contributed by atoms with Gasteiger partial charge in [-0.25, -0.2) is 0 Å². The summed E-state index contributed by atoms with van der Waals surface area (Å²) in [6, 6.07) is 7.32. The monoisotopic (exact) mass is 320 g/mol. The van der Waals surface area contributed by atoms with Gasteiger partial charge >= 0.3 is 0 Å². The molecule has 1 N–H and O–H groups in total. The summed E-state index contributed by atoms with van der Waals surface area (Å²) in [4.78, 5) is 12.2. The zero-order valence-corrected chi connectivity index (χ0v) is 13.0. The molecule has 0 fully saturated rings. The zero-order chi connectivity index (χ0) is 15.5. The minimum absolute atomic E-state index is 0.0750. The number of fused-ring (bicyclic) bond motifs is 1. The Morgan fingerprint density at radius 3 is 2.59 bits per heavy atom. The van der Waals surface area contributed by atoms with Crippen LogP contribution in [-0.4, -0.2) is 23.7 Å². The lowest BCUT2D eigenvalue weighted by atomic mass is 10.2. The van der Waals surface area contributed by atoms with E-state index in [4.69, 9.17) is 21.1 Å². The van der Waals surface area contributed by atoms with E-state index in [1.54, 1.807) is 12.1 Å². The summed E-state index contributed by atoms with van der Waals surface area (Å²) < 4.78 is 12.9. The number of aromatic nitrogens is 1. The van der Waals surface area contributed by atoms with Crippen LogP contribution < -0.4 is 14.8 Å². The van der Waals surface area contributed by atoms with Crippen molar-refractivity contribution in [1.82, 2.24) is 4.57 Å². The molecule has 0 bridgehead atoms. The average molecular weight is 321 g/mol. The number of ether oxygens (including phenoxy) is 2. The second-order valence-corrected chi connectivity index (χ2v) is 5.61. The fraction of sp³-hybridized carbons (Fsp3) is 0.312. The summed E-state index contributed by atoms with van der Waals surface area (Å²) in [5.74, 6) is 1.11. The van der Waals surface area contributed by atoms with Gasteiger partial charge in [0.25, 0.3) is 0 Å². The SMILES string of the molecule is CC(CC(=O)Nc1cc2c(cc1Cl)OCCO2)n1cccc1. The van der Waals surface area contributed by atoms with Gasteiger partial charge in [-0.05, 0) is 19.1 Å². The van der Waals surface area contributed by atoms with Gasteiger partial charge in [0.2, 0.25) is 5.91 Å². The topological polar surface area (TPSA) is 52.5 Å². The molecule has 0 spiro atoms. The minimum atomic E-state index is -0.0974. The van der Waals surface area contributed by atoms with E-state index < -0.39 is 0 Å². The highest BCUT2D eigenvalue weighted by Gasteiger charge is 2.17. The number of benzene rings is 1. The van der Waals surface area contributed by atoms with Gasteiger partial charge in [0.15, 0.2) is 11.5 Å². The maximum Gasteiger partial charge on any atom is 0.226 e. The number of amides is 1. The number of nitrogens with one attached hydrogen (secondary N) is 1. The summed E-state index contributed by atoms with van der Waals surface area (Å²) in [6.45, 7) is 2.99. The summed E-state index contributed by atoms with van der Waals surface area (Å²) >= 11 is 6.19. The van der Waals surface area contributed by atoms with Crippen molar-refractivity contribution in [3.8, 4) is 11.5 Å². The molecule has 2 heterocycles. The van der Waals surface area contributed by atoms with Crippen molar-refractivity contribution in [1.29, 1.82) is 0 Å². The van der Waals surface area contributed by atoms with Gasteiger partial charge in [0.05, 0.1) is 10.7 Å². The van der Waals surface area contributed by atoms with Gasteiger partial charge in [-0.1, -0.05) is 11.6 Å². The molecule has 3 rings (SSSR count). The Hall–Kier alpha value is -2.14. The lowest BCUT2D eigenvalue weighted by molar-refractivity contribution is -0.116. The third-order valence-electron chi connectivity index (χ3n) is 3.52. The average Bonchev–Trinajstić information content (AvgIpc) is 3.02. The maximum absolute atomic E-state index is 12.2. The predicted molar refractivity (Wildman–Crippen MR) is 84.8 cm³/mol. The Bertz CT molecular complexity index is 670. The second kappa shape index (κ2) is 6.32. The molecular weight excluding hydrogens is 304 g/mol. The van der Waals surface area contributed by atoms with Gasteiger partial charge in [-0.3, -0.25) is 4.79 Å². The van der Waals surface area contributed by atoms with Crippen molar-refractivity contribution >= 4 is 23.2 Å². The van der Waals surface area contributed by atoms with Gasteiger partial charge in [-0.2, -0.15) is 0 Å². The van der Waals surface area contributed by atoms with Gasteiger partial charge < -0.3 is 19.4 Å². The van der Waals surface area contributed by atoms with Crippen molar-refractivity contribution in [3.05, 3.63) is 41.7 Å². The van der Waals surface area contributed by atoms with E-state index in [1.165, 1.54) is 0 Å². The van der Waals surface area contributed by atoms with Crippen LogP contribution in [0.3, 0.4) is 0 Å². The third kappa shape index (κ3) is 3.20. The first-order valence-corrected chi connectivity index (χ1v) is 7.53. The Balaban J connectivity index is 1.68. The molecule has 1 aromatic heterocycles. The summed E-state index contributed by atoms with van der Waals surface area (Å²) in [5.41, 5.74) is 0.538. The van der Waals surface area contributed by atoms with Crippen molar-refractivity contribution in [2.45, 2.75) is 19.4 Å². The minimum Gasteiger partial charge on any atom is -0.486 e. The van der Waals surface area contributed by atoms with Crippen LogP contribution in [0.2, 0.25) is 5.02 Å². The maximum atomic E-state index is 12.2. The third-order valence-corrected chi connectivity index (χ3v) is 3.84. The Morgan fingerprint density at radius 2 is 1.91 bits per heavy atom. The first-order valence-electron chi connectivity index (χ1n) is 7.15. The van der Waals surface area contributed by atoms with E-state index in [0.29, 0.717) is 41.8 Å². The highest BCUT2D eigenvalue weighted by atomic mass is 35.5. The molecule has 1 unspecified atom stereocenters. The number of hydrogen-bond donors (Lipinski definition) is 1. The van der Waals surface area contributed by atoms with E-state index in [9.17, 15) is 4.79 Å². The Morgan fingerprint density at radius 1 is 1.27 bits per heavy atom. The molecule has 1 atom stereocenters. The van der Waals surface area contributed by atoms with Crippen LogP contribution in [0.1, 0.15) is 19.4 Å². The standard InChI is InChI=1S/C16H17ClN2O3/c1-11(19-4-2-3-5-19)8-16(20)18-13-10-15-14(9-12(13)17)21-6-7-22-15/h2-5,9-11H,6-8H2,1H3,(H,18,20). The Labute approximate surface area is 133 Å². The van der Waals surface area contributed by atoms with Crippen molar-refractivity contribution in [2.75, 3.05) is 18.5 Å². The quantitative estimate of drug-likeness (QED) is 0.938. The number of rotatable bonds is 4. The lowest BCUT2D eigenvalue weighted by Crippen LogP contribution is -2.18. The fourth-order valence-corrected chi connectivity index (χ4v) is 2.58. The van der Waals surface area contributed by atoms with Crippen molar-refractivity contribution in [2.24, 2.45) is 0 Å². The highest BCUT2D eigenvalue weighted by molar-refractivity contribution is 6.34. The van der Waals surface area contributed by atoms with E-state index >= 15 is 0 Å². The summed E-state index contributed by atoms with van der Waals surface area (Å²) in [6.07, 6.45) is 4.24. The number of carbonyl (C=O) groups is 1. The normalized spacial score (nSPS) is 14.5. The zero-order valence-electron chi connectivity index (χ0n) is 12.2. The fourth-order valence-electron chi connectivity index (χ4n) is 2.38. The van der Waals surface area contributed by atoms with Crippen LogP contribution >= 0.6 is 11.6 Å². The summed E-state index contributed by atoms with van der Waals surface area (Å²) in [5, 5.41) is 3.27. The molecular formula is C16H17ClN2O3. The molecule has 5 nitrogen and oxygen atoms in total. The first kappa shape index (κ1) is 14.8. The molecule has 1 aromatic carbocycles. The van der Waals surface area contributed by atoms with Crippen LogP contribution in [-0.2, 0) is 4.79 Å². The number of halogens is 1. The van der Waals surface area contributed by atoms with Crippen LogP contribution in [0.4, 0.5) is 5.69 Å². The van der Waals surface area contributed by atoms with Crippen LogP contribution in [0.15, 0.2) is 36.7 Å². The molecule has 2 aromatic rings. The van der Waals surface area contributed by atoms with E-state index in [-0.39, 0.29) is 11.9 Å². The number of carbonyl (C=O) groups excluding carboxylic acids is 1. The highest BCUT2D eigenvalue weighted by Crippen LogP contribution is 2.38. The Kier molecular flexibility index (Phi) is 4.24. The van der Waals surface area contributed by atoms with Gasteiger partial charge in [0, 0.05) is 37.0 Å². The van der Waals surface area contributed by atoms with Gasteiger partial charge in [0.1, 0.15) is 13.2 Å². The summed E-state index contributed by atoms with van der Waals surface area (Å²) in [7, 11) is 0. The van der Waals surface area contributed by atoms with E-state index in [2.05, 4.69) is 5.32 Å². The molecule has 1 aliphatic rings. The van der Waals surface area contributed by atoms with Crippen LogP contribution in [0, 0.1) is 0 Å². The number of hydrogen-bond acceptors (Lipinski definition) is 3. The molecule has 0 saturated carbocycles. The lowest BCUT2D eigenvalue weighted by Gasteiger charge is -2.20. The largest absolute Gasteiger partial charge is 0.486 e. The molecule has 1 amide bonds. The van der Waals surface area contributed by atoms with Gasteiger partial charge in [-0.15, -0.1) is 0 Å². The van der Waals surface area contributed by atoms with Crippen molar-refractivity contribution in [3.63, 3.8) is 0 Å². The van der Waals surface area contributed by atoms with Crippen molar-refractivity contribution < 1.29 is 14.3 Å². The number of nitrogens with zero attached hydrogens (tertiary/aromatic N) is 1. The molecule has 116 valence electrons. The first-order chi connectivity index (χ1) is 10.6. The number of anilines is 1. The van der Waals surface area contributed by atoms with Crippen LogP contribution in [0.5, 0.6) is 11.5 Å². The smallest absolute Gasteiger partial charge is 0.226 e. The van der Waals surface area contributed by atoms with E-state index in [0.717, 1.165) is 0 Å². The molecule has 0 saturated heterocycles. The second-order valence-electron chi connectivity index (χ2n) is 5.21.